The molecule has 0 saturated carbocycles. The lowest BCUT2D eigenvalue weighted by atomic mass is 10.0. The van der Waals surface area contributed by atoms with E-state index in [4.69, 9.17) is 0 Å². The Hall–Kier alpha value is -2.34. The predicted octanol–water partition coefficient (Wildman–Crippen LogP) is 5.71. The van der Waals surface area contributed by atoms with Gasteiger partial charge in [0.1, 0.15) is 0 Å². The zero-order valence-corrected chi connectivity index (χ0v) is 16.8. The van der Waals surface area contributed by atoms with Crippen LogP contribution in [0.3, 0.4) is 0 Å². The zero-order chi connectivity index (χ0) is 19.9. The van der Waals surface area contributed by atoms with Crippen molar-refractivity contribution in [3.8, 4) is 11.3 Å². The largest absolute Gasteiger partial charge is 0.338 e. The monoisotopic (exact) mass is 400 g/mol. The molecule has 1 saturated heterocycles. The van der Waals surface area contributed by atoms with Gasteiger partial charge in [0.25, 0.3) is 11.8 Å². The molecule has 0 unspecified atom stereocenters. The highest BCUT2D eigenvalue weighted by Gasteiger charge is 2.35. The van der Waals surface area contributed by atoms with Crippen LogP contribution in [-0.4, -0.2) is 34.8 Å². The SMILES string of the molecule is CCc1cc2cc(-c3ccc(C(=O)N4CCC(F)(F)CC4)cn3)cc(C)c2s1. The van der Waals surface area contributed by atoms with Gasteiger partial charge in [0, 0.05) is 47.3 Å². The number of piperidine rings is 1. The van der Waals surface area contributed by atoms with Crippen molar-refractivity contribution in [1.29, 1.82) is 0 Å². The maximum atomic E-state index is 13.3. The number of amides is 1. The number of aromatic nitrogens is 1. The first-order valence-corrected chi connectivity index (χ1v) is 10.3. The van der Waals surface area contributed by atoms with Crippen molar-refractivity contribution in [1.82, 2.24) is 9.88 Å². The highest BCUT2D eigenvalue weighted by atomic mass is 32.1. The lowest BCUT2D eigenvalue weighted by molar-refractivity contribution is -0.0494. The molecule has 1 aromatic carbocycles. The summed E-state index contributed by atoms with van der Waals surface area (Å²) in [6.07, 6.45) is 2.02. The number of nitrogens with zero attached hydrogens (tertiary/aromatic N) is 2. The molecule has 3 nitrogen and oxygen atoms in total. The minimum absolute atomic E-state index is 0.0847. The number of benzene rings is 1. The lowest BCUT2D eigenvalue weighted by Gasteiger charge is -2.31. The first-order chi connectivity index (χ1) is 13.4. The molecule has 0 radical (unpaired) electrons. The normalized spacial score (nSPS) is 16.5. The molecule has 1 amide bonds. The number of rotatable bonds is 3. The summed E-state index contributed by atoms with van der Waals surface area (Å²) in [6, 6.07) is 10.0. The van der Waals surface area contributed by atoms with Crippen LogP contribution in [0, 0.1) is 6.92 Å². The van der Waals surface area contributed by atoms with E-state index in [1.54, 1.807) is 12.3 Å². The average Bonchev–Trinajstić information content (AvgIpc) is 3.11. The number of hydrogen-bond acceptors (Lipinski definition) is 3. The van der Waals surface area contributed by atoms with E-state index in [1.165, 1.54) is 25.4 Å². The van der Waals surface area contributed by atoms with Gasteiger partial charge in [-0.3, -0.25) is 9.78 Å². The van der Waals surface area contributed by atoms with Gasteiger partial charge in [-0.05, 0) is 54.6 Å². The Balaban J connectivity index is 1.56. The van der Waals surface area contributed by atoms with E-state index >= 15 is 0 Å². The number of likely N-dealkylation sites (tertiary alicyclic amines) is 1. The third-order valence-electron chi connectivity index (χ3n) is 5.29. The van der Waals surface area contributed by atoms with Crippen LogP contribution in [0.1, 0.15) is 40.6 Å². The number of aryl methyl sites for hydroxylation is 2. The maximum Gasteiger partial charge on any atom is 0.255 e. The molecule has 1 aliphatic rings. The summed E-state index contributed by atoms with van der Waals surface area (Å²) in [5.41, 5.74) is 3.47. The first kappa shape index (κ1) is 19.0. The van der Waals surface area contributed by atoms with Gasteiger partial charge in [-0.2, -0.15) is 0 Å². The Morgan fingerprint density at radius 2 is 1.96 bits per heavy atom. The Morgan fingerprint density at radius 1 is 1.21 bits per heavy atom. The summed E-state index contributed by atoms with van der Waals surface area (Å²) in [7, 11) is 0. The van der Waals surface area contributed by atoms with E-state index in [0.29, 0.717) is 5.56 Å². The van der Waals surface area contributed by atoms with Crippen molar-refractivity contribution in [3.63, 3.8) is 0 Å². The lowest BCUT2D eigenvalue weighted by Crippen LogP contribution is -2.42. The summed E-state index contributed by atoms with van der Waals surface area (Å²) in [4.78, 5) is 19.9. The molecular weight excluding hydrogens is 378 g/mol. The fourth-order valence-electron chi connectivity index (χ4n) is 3.61. The third kappa shape index (κ3) is 3.65. The number of carbonyl (C=O) groups excluding carboxylic acids is 1. The van der Waals surface area contributed by atoms with Gasteiger partial charge in [-0.1, -0.05) is 6.92 Å². The Kier molecular flexibility index (Phi) is 4.91. The molecule has 1 aliphatic heterocycles. The van der Waals surface area contributed by atoms with Crippen LogP contribution in [-0.2, 0) is 6.42 Å². The summed E-state index contributed by atoms with van der Waals surface area (Å²) in [5, 5.41) is 1.22. The van der Waals surface area contributed by atoms with E-state index in [0.717, 1.165) is 17.7 Å². The maximum absolute atomic E-state index is 13.3. The number of fused-ring (bicyclic) bond motifs is 1. The van der Waals surface area contributed by atoms with Gasteiger partial charge in [-0.15, -0.1) is 11.3 Å². The smallest absolute Gasteiger partial charge is 0.255 e. The van der Waals surface area contributed by atoms with Gasteiger partial charge in [0.2, 0.25) is 0 Å². The van der Waals surface area contributed by atoms with Crippen LogP contribution < -0.4 is 0 Å². The fraction of sp³-hybridized carbons (Fsp3) is 0.364. The number of alkyl halides is 2. The van der Waals surface area contributed by atoms with E-state index in [1.807, 2.05) is 17.4 Å². The van der Waals surface area contributed by atoms with Crippen LogP contribution in [0.5, 0.6) is 0 Å². The van der Waals surface area contributed by atoms with Gasteiger partial charge in [0.05, 0.1) is 11.3 Å². The van der Waals surface area contributed by atoms with Crippen molar-refractivity contribution in [2.24, 2.45) is 0 Å². The van der Waals surface area contributed by atoms with Crippen molar-refractivity contribution < 1.29 is 13.6 Å². The van der Waals surface area contributed by atoms with Crippen molar-refractivity contribution in [3.05, 3.63) is 52.5 Å². The molecule has 3 aromatic rings. The Labute approximate surface area is 167 Å². The number of carbonyl (C=O) groups is 1. The molecule has 0 bridgehead atoms. The Bertz CT molecular complexity index is 1020. The molecule has 1 fully saturated rings. The number of thiophene rings is 1. The summed E-state index contributed by atoms with van der Waals surface area (Å²) in [5.74, 6) is -2.89. The predicted molar refractivity (Wildman–Crippen MR) is 109 cm³/mol. The number of pyridine rings is 1. The summed E-state index contributed by atoms with van der Waals surface area (Å²) >= 11 is 1.83. The molecular formula is C22H22F2N2OS. The molecule has 0 aliphatic carbocycles. The number of hydrogen-bond donors (Lipinski definition) is 0. The van der Waals surface area contributed by atoms with Crippen LogP contribution in [0.15, 0.2) is 36.5 Å². The standard InChI is InChI=1S/C22H22F2N2OS/c1-3-18-12-17-11-16(10-14(2)20(17)28-18)19-5-4-15(13-25-19)21(27)26-8-6-22(23,24)7-9-26/h4-5,10-13H,3,6-9H2,1-2H3. The van der Waals surface area contributed by atoms with Crippen LogP contribution in [0.2, 0.25) is 0 Å². The molecule has 6 heteroatoms. The van der Waals surface area contributed by atoms with Crippen molar-refractivity contribution >= 4 is 27.3 Å². The molecule has 2 aromatic heterocycles. The van der Waals surface area contributed by atoms with Crippen LogP contribution >= 0.6 is 11.3 Å². The minimum Gasteiger partial charge on any atom is -0.338 e. The molecule has 4 rings (SSSR count). The van der Waals surface area contributed by atoms with Gasteiger partial charge >= 0.3 is 0 Å². The van der Waals surface area contributed by atoms with E-state index in [9.17, 15) is 13.6 Å². The highest BCUT2D eigenvalue weighted by Crippen LogP contribution is 2.33. The van der Waals surface area contributed by atoms with Gasteiger partial charge in [0.15, 0.2) is 0 Å². The molecule has 28 heavy (non-hydrogen) atoms. The molecule has 146 valence electrons. The van der Waals surface area contributed by atoms with Gasteiger partial charge in [-0.25, -0.2) is 8.78 Å². The van der Waals surface area contributed by atoms with E-state index < -0.39 is 5.92 Å². The summed E-state index contributed by atoms with van der Waals surface area (Å²) < 4.78 is 27.9. The van der Waals surface area contributed by atoms with Crippen molar-refractivity contribution in [2.45, 2.75) is 39.0 Å². The molecule has 3 heterocycles. The van der Waals surface area contributed by atoms with E-state index in [-0.39, 0.29) is 31.8 Å². The fourth-order valence-corrected chi connectivity index (χ4v) is 4.66. The second-order valence-electron chi connectivity index (χ2n) is 7.36. The highest BCUT2D eigenvalue weighted by molar-refractivity contribution is 7.19. The molecule has 0 spiro atoms. The Morgan fingerprint density at radius 3 is 2.61 bits per heavy atom. The quantitative estimate of drug-likeness (QED) is 0.565. The number of halogens is 2. The van der Waals surface area contributed by atoms with Crippen LogP contribution in [0.4, 0.5) is 8.78 Å². The minimum atomic E-state index is -2.66. The van der Waals surface area contributed by atoms with E-state index in [2.05, 4.69) is 37.0 Å². The van der Waals surface area contributed by atoms with Crippen molar-refractivity contribution in [2.75, 3.05) is 13.1 Å². The van der Waals surface area contributed by atoms with Crippen LogP contribution in [0.25, 0.3) is 21.3 Å². The third-order valence-corrected chi connectivity index (χ3v) is 6.72. The topological polar surface area (TPSA) is 33.2 Å². The summed E-state index contributed by atoms with van der Waals surface area (Å²) in [6.45, 7) is 4.43. The first-order valence-electron chi connectivity index (χ1n) is 9.53. The average molecular weight is 400 g/mol. The molecule has 0 N–H and O–H groups in total. The molecule has 0 atom stereocenters. The zero-order valence-electron chi connectivity index (χ0n) is 16.0. The second kappa shape index (κ2) is 7.24. The second-order valence-corrected chi connectivity index (χ2v) is 8.49. The van der Waals surface area contributed by atoms with Gasteiger partial charge < -0.3 is 4.90 Å².